The summed E-state index contributed by atoms with van der Waals surface area (Å²) >= 11 is 38.9. The molecule has 9 rings (SSSR count). The van der Waals surface area contributed by atoms with E-state index in [1.54, 1.807) is 90.4 Å². The molecule has 3 aliphatic heterocycles. The molecule has 93 heavy (non-hydrogen) atoms. The van der Waals surface area contributed by atoms with Gasteiger partial charge in [0, 0.05) is 73.4 Å². The van der Waals surface area contributed by atoms with Crippen LogP contribution in [0.15, 0.2) is 127 Å². The van der Waals surface area contributed by atoms with Crippen molar-refractivity contribution in [2.45, 2.75) is 131 Å². The third kappa shape index (κ3) is 23.3. The number of nitrogens with zero attached hydrogens (tertiary/aromatic N) is 3. The van der Waals surface area contributed by atoms with E-state index in [1.165, 1.54) is 36.5 Å². The van der Waals surface area contributed by atoms with Crippen molar-refractivity contribution >= 4 is 204 Å². The van der Waals surface area contributed by atoms with Crippen molar-refractivity contribution < 1.29 is 28.8 Å². The van der Waals surface area contributed by atoms with E-state index in [9.17, 15) is 28.8 Å². The lowest BCUT2D eigenvalue weighted by Gasteiger charge is -2.27. The minimum atomic E-state index is -0.128. The fourth-order valence-corrected chi connectivity index (χ4v) is 21.4. The molecular weight excluding hydrogens is 1410 g/mol. The van der Waals surface area contributed by atoms with Crippen LogP contribution in [-0.4, -0.2) is 89.6 Å². The molecule has 0 radical (unpaired) electrons. The lowest BCUT2D eigenvalue weighted by atomic mass is 10.1. The molecule has 1 unspecified atom stereocenters. The van der Waals surface area contributed by atoms with Crippen LogP contribution >= 0.6 is 134 Å². The first kappa shape index (κ1) is 76.3. The molecule has 3 atom stereocenters. The maximum absolute atomic E-state index is 13.5. The highest BCUT2D eigenvalue weighted by atomic mass is 35.5. The summed E-state index contributed by atoms with van der Waals surface area (Å²) in [7, 11) is 16.5. The summed E-state index contributed by atoms with van der Waals surface area (Å²) in [6.45, 7) is 0. The van der Waals surface area contributed by atoms with Gasteiger partial charge in [0.15, 0.2) is 0 Å². The van der Waals surface area contributed by atoms with Crippen molar-refractivity contribution in [3.63, 3.8) is 0 Å². The van der Waals surface area contributed by atoms with Gasteiger partial charge in [-0.1, -0.05) is 226 Å². The number of carbonyl (C=O) groups is 6. The first-order valence-corrected chi connectivity index (χ1v) is 40.5. The quantitative estimate of drug-likeness (QED) is 0.0333. The molecule has 3 N–H and O–H groups in total. The first-order valence-electron chi connectivity index (χ1n) is 31.0. The van der Waals surface area contributed by atoms with E-state index in [-0.39, 0.29) is 54.7 Å². The number of nitrogens with one attached hydrogen (secondary N) is 3. The van der Waals surface area contributed by atoms with Crippen LogP contribution in [-0.2, 0) is 48.0 Å². The fraction of sp³-hybridized carbons (Fsp3) is 0.391. The van der Waals surface area contributed by atoms with Crippen molar-refractivity contribution in [3.8, 4) is 0 Å². The molecule has 0 aromatic heterocycles. The Balaban J connectivity index is 0.000000198. The highest BCUT2D eigenvalue weighted by Gasteiger charge is 2.30. The maximum Gasteiger partial charge on any atom is 0.231 e. The summed E-state index contributed by atoms with van der Waals surface area (Å²) < 4.78 is 0. The molecule has 3 heterocycles. The molecule has 3 fully saturated rings. The molecule has 6 aromatic carbocycles. The number of carbonyl (C=O) groups excluding carboxylic acids is 6. The zero-order chi connectivity index (χ0) is 66.7. The second kappa shape index (κ2) is 40.6. The molecule has 0 aliphatic carbocycles. The third-order valence-electron chi connectivity index (χ3n) is 15.5. The molecule has 0 saturated carbocycles. The summed E-state index contributed by atoms with van der Waals surface area (Å²) in [5, 5.41) is 12.4. The summed E-state index contributed by atoms with van der Waals surface area (Å²) in [6.07, 6.45) is 14.2. The van der Waals surface area contributed by atoms with Crippen molar-refractivity contribution in [3.05, 3.63) is 174 Å². The SMILES string of the molecule is CNC(=O)Cc1ccccc1N(C(=O)CCCCC1CCSS1)c1c(Cl)cccc1Cl.CNC(=O)Cc1ccccc1N(C(=O)CCCC[C@@H]1CCSS1)c1c(Cl)cccc1Cl.CNC(=O)Cc1ccccc1N(C(=O)CCCC[C@H]1CCSS1)c1c(Cl)cccc1Cl. The number of hydrogen-bond acceptors (Lipinski definition) is 12. The van der Waals surface area contributed by atoms with Crippen molar-refractivity contribution in [1.29, 1.82) is 0 Å². The van der Waals surface area contributed by atoms with Gasteiger partial charge in [-0.3, -0.25) is 43.5 Å². The number of benzene rings is 6. The molecule has 24 heteroatoms. The van der Waals surface area contributed by atoms with E-state index in [4.69, 9.17) is 69.6 Å². The largest absolute Gasteiger partial charge is 0.359 e. The zero-order valence-electron chi connectivity index (χ0n) is 52.2. The molecule has 3 saturated heterocycles. The first-order chi connectivity index (χ1) is 45.0. The molecule has 6 amide bonds. The van der Waals surface area contributed by atoms with Gasteiger partial charge in [-0.05, 0) is 129 Å². The summed E-state index contributed by atoms with van der Waals surface area (Å²) in [5.74, 6) is 3.04. The molecule has 498 valence electrons. The van der Waals surface area contributed by atoms with Crippen LogP contribution in [0.5, 0.6) is 0 Å². The van der Waals surface area contributed by atoms with Gasteiger partial charge in [0.05, 0.1) is 83.5 Å². The third-order valence-corrected chi connectivity index (χ3v) is 26.4. The highest BCUT2D eigenvalue weighted by Crippen LogP contribution is 2.46. The van der Waals surface area contributed by atoms with E-state index >= 15 is 0 Å². The Morgan fingerprint density at radius 1 is 0.366 bits per heavy atom. The summed E-state index contributed by atoms with van der Waals surface area (Å²) in [4.78, 5) is 81.3. The van der Waals surface area contributed by atoms with Gasteiger partial charge in [-0.25, -0.2) is 0 Å². The Morgan fingerprint density at radius 3 is 0.839 bits per heavy atom. The number of para-hydroxylation sites is 6. The van der Waals surface area contributed by atoms with Crippen LogP contribution in [0.3, 0.4) is 0 Å². The van der Waals surface area contributed by atoms with Crippen LogP contribution in [0, 0.1) is 0 Å². The van der Waals surface area contributed by atoms with Crippen LogP contribution in [0.1, 0.15) is 113 Å². The number of rotatable bonds is 27. The number of unbranched alkanes of at least 4 members (excludes halogenated alkanes) is 3. The molecule has 0 spiro atoms. The average Bonchev–Trinajstić information content (AvgIpc) is 0.914. The number of amides is 6. The van der Waals surface area contributed by atoms with E-state index in [0.29, 0.717) is 99.3 Å². The van der Waals surface area contributed by atoms with Gasteiger partial charge in [-0.2, -0.15) is 0 Å². The van der Waals surface area contributed by atoms with E-state index in [1.807, 2.05) is 138 Å². The summed E-state index contributed by atoms with van der Waals surface area (Å²) in [6, 6.07) is 37.8. The number of hydrogen-bond donors (Lipinski definition) is 3. The van der Waals surface area contributed by atoms with Gasteiger partial charge in [-0.15, -0.1) is 0 Å². The Morgan fingerprint density at radius 2 is 0.613 bits per heavy atom. The Bertz CT molecular complexity index is 3050. The Hall–Kier alpha value is -4.02. The van der Waals surface area contributed by atoms with E-state index in [0.717, 1.165) is 74.5 Å². The number of likely N-dealkylation sites (N-methyl/N-ethyl adjacent to an activating group) is 3. The van der Waals surface area contributed by atoms with Crippen molar-refractivity contribution in [2.24, 2.45) is 0 Å². The molecule has 12 nitrogen and oxygen atoms in total. The second-order valence-corrected chi connectivity index (χ2v) is 32.9. The minimum absolute atomic E-state index is 0.0761. The predicted octanol–water partition coefficient (Wildman–Crippen LogP) is 20.0. The van der Waals surface area contributed by atoms with Crippen molar-refractivity contribution in [1.82, 2.24) is 16.0 Å². The van der Waals surface area contributed by atoms with E-state index < -0.39 is 0 Å². The lowest BCUT2D eigenvalue weighted by molar-refractivity contribution is -0.120. The maximum atomic E-state index is 13.5. The van der Waals surface area contributed by atoms with Crippen LogP contribution < -0.4 is 30.7 Å². The van der Waals surface area contributed by atoms with Crippen LogP contribution in [0.25, 0.3) is 0 Å². The van der Waals surface area contributed by atoms with Crippen LogP contribution in [0.2, 0.25) is 30.1 Å². The topological polar surface area (TPSA) is 148 Å². The second-order valence-electron chi connectivity index (χ2n) is 22.1. The Labute approximate surface area is 601 Å². The Kier molecular flexibility index (Phi) is 33.4. The molecule has 0 bridgehead atoms. The minimum Gasteiger partial charge on any atom is -0.359 e. The zero-order valence-corrected chi connectivity index (χ0v) is 61.6. The normalized spacial score (nSPS) is 15.6. The average molecular weight is 1490 g/mol. The van der Waals surface area contributed by atoms with Gasteiger partial charge >= 0.3 is 0 Å². The van der Waals surface area contributed by atoms with Crippen molar-refractivity contribution in [2.75, 3.05) is 53.1 Å². The molecule has 3 aliphatic rings. The van der Waals surface area contributed by atoms with Gasteiger partial charge in [0.25, 0.3) is 0 Å². The van der Waals surface area contributed by atoms with Crippen LogP contribution in [0.4, 0.5) is 34.1 Å². The van der Waals surface area contributed by atoms with Gasteiger partial charge in [0.1, 0.15) is 0 Å². The molecular formula is C69H78Cl6N6O6S6. The fourth-order valence-electron chi connectivity index (χ4n) is 10.6. The monoisotopic (exact) mass is 1490 g/mol. The molecule has 6 aromatic rings. The van der Waals surface area contributed by atoms with Gasteiger partial charge in [0.2, 0.25) is 35.4 Å². The van der Waals surface area contributed by atoms with Gasteiger partial charge < -0.3 is 16.0 Å². The standard InChI is InChI=1S/3C23H26Cl2N2O2S2/c3*1-26-21(28)15-16-7-2-4-11-20(16)27(23-18(24)9-6-10-19(23)25)22(29)12-5-3-8-17-13-14-30-31-17/h3*2,4,6-7,9-11,17H,3,5,8,12-15H2,1H3,(H,26,28)/t2*17-;/m10./s1. The van der Waals surface area contributed by atoms with E-state index in [2.05, 4.69) is 16.0 Å². The number of halogens is 6. The summed E-state index contributed by atoms with van der Waals surface area (Å²) in [5.41, 5.74) is 5.51. The number of anilines is 6. The highest BCUT2D eigenvalue weighted by molar-refractivity contribution is 8.78. The smallest absolute Gasteiger partial charge is 0.231 e. The lowest BCUT2D eigenvalue weighted by Crippen LogP contribution is -2.28. The predicted molar refractivity (Wildman–Crippen MR) is 404 cm³/mol.